The highest BCUT2D eigenvalue weighted by Gasteiger charge is 2.29. The summed E-state index contributed by atoms with van der Waals surface area (Å²) in [6, 6.07) is 0. The Morgan fingerprint density at radius 1 is 1.44 bits per heavy atom. The van der Waals surface area contributed by atoms with Gasteiger partial charge in [0, 0.05) is 12.5 Å². The molecule has 2 rings (SSSR count). The third-order valence-electron chi connectivity index (χ3n) is 3.67. The zero-order valence-corrected chi connectivity index (χ0v) is 11.9. The number of likely N-dealkylation sites (N-methyl/N-ethyl adjacent to an activating group) is 1. The first kappa shape index (κ1) is 13.8. The Bertz CT molecular complexity index is 392. The third-order valence-corrected chi connectivity index (χ3v) is 3.96. The van der Waals surface area contributed by atoms with Crippen molar-refractivity contribution >= 4 is 11.6 Å². The van der Waals surface area contributed by atoms with E-state index in [4.69, 9.17) is 11.6 Å². The van der Waals surface area contributed by atoms with E-state index in [1.807, 2.05) is 18.8 Å². The van der Waals surface area contributed by atoms with Crippen LogP contribution in [0.4, 0.5) is 0 Å². The number of nitrogens with zero attached hydrogens (tertiary/aromatic N) is 3. The van der Waals surface area contributed by atoms with Gasteiger partial charge in [0.05, 0.1) is 29.6 Å². The van der Waals surface area contributed by atoms with Gasteiger partial charge in [0.25, 0.3) is 0 Å². The molecule has 1 aliphatic carbocycles. The van der Waals surface area contributed by atoms with E-state index in [0.29, 0.717) is 5.02 Å². The highest BCUT2D eigenvalue weighted by molar-refractivity contribution is 6.31. The second-order valence-electron chi connectivity index (χ2n) is 5.36. The molecule has 1 aromatic rings. The summed E-state index contributed by atoms with van der Waals surface area (Å²) < 4.78 is 1.96. The molecule has 5 heteroatoms. The van der Waals surface area contributed by atoms with Gasteiger partial charge >= 0.3 is 0 Å². The molecular weight excluding hydrogens is 250 g/mol. The van der Waals surface area contributed by atoms with Gasteiger partial charge in [0.15, 0.2) is 0 Å². The molecule has 0 spiro atoms. The summed E-state index contributed by atoms with van der Waals surface area (Å²) in [7, 11) is 4.08. The quantitative estimate of drug-likeness (QED) is 0.912. The lowest BCUT2D eigenvalue weighted by molar-refractivity contribution is 0.102. The summed E-state index contributed by atoms with van der Waals surface area (Å²) in [4.78, 5) is 2.12. The molecule has 1 aliphatic rings. The molecule has 18 heavy (non-hydrogen) atoms. The molecule has 2 atom stereocenters. The van der Waals surface area contributed by atoms with Crippen LogP contribution < -0.4 is 0 Å². The normalized spacial score (nSPS) is 24.7. The minimum absolute atomic E-state index is 0.149. The minimum Gasteiger partial charge on any atom is -0.392 e. The van der Waals surface area contributed by atoms with E-state index in [-0.39, 0.29) is 12.0 Å². The van der Waals surface area contributed by atoms with Crippen LogP contribution in [0.1, 0.15) is 37.3 Å². The van der Waals surface area contributed by atoms with Gasteiger partial charge in [-0.1, -0.05) is 24.4 Å². The second kappa shape index (κ2) is 6.04. The molecule has 1 heterocycles. The maximum absolute atomic E-state index is 10.2. The molecule has 4 nitrogen and oxygen atoms in total. The number of hydrogen-bond donors (Lipinski definition) is 1. The van der Waals surface area contributed by atoms with Crippen LogP contribution in [-0.2, 0) is 6.54 Å². The number of aliphatic hydroxyl groups excluding tert-OH is 1. The van der Waals surface area contributed by atoms with E-state index in [9.17, 15) is 5.11 Å². The van der Waals surface area contributed by atoms with Crippen molar-refractivity contribution in [3.63, 3.8) is 0 Å². The van der Waals surface area contributed by atoms with Crippen LogP contribution in [0.25, 0.3) is 0 Å². The molecule has 1 saturated carbocycles. The Labute approximate surface area is 114 Å². The fourth-order valence-electron chi connectivity index (χ4n) is 2.64. The van der Waals surface area contributed by atoms with Gasteiger partial charge in [0.2, 0.25) is 0 Å². The smallest absolute Gasteiger partial charge is 0.0821 e. The lowest BCUT2D eigenvalue weighted by Crippen LogP contribution is -2.27. The Hall–Kier alpha value is -0.580. The molecule has 0 saturated heterocycles. The minimum atomic E-state index is -0.272. The molecule has 1 fully saturated rings. The summed E-state index contributed by atoms with van der Waals surface area (Å²) in [5.41, 5.74) is 1.02. The van der Waals surface area contributed by atoms with Crippen molar-refractivity contribution in [2.45, 2.75) is 44.2 Å². The molecule has 102 valence electrons. The lowest BCUT2D eigenvalue weighted by atomic mass is 9.84. The predicted octanol–water partition coefficient (Wildman–Crippen LogP) is 2.12. The van der Waals surface area contributed by atoms with Crippen LogP contribution in [0.15, 0.2) is 6.20 Å². The largest absolute Gasteiger partial charge is 0.392 e. The highest BCUT2D eigenvalue weighted by atomic mass is 35.5. The van der Waals surface area contributed by atoms with E-state index < -0.39 is 0 Å². The molecule has 2 unspecified atom stereocenters. The Balaban J connectivity index is 2.17. The van der Waals surface area contributed by atoms with E-state index in [1.165, 1.54) is 0 Å². The average molecular weight is 272 g/mol. The van der Waals surface area contributed by atoms with Crippen molar-refractivity contribution in [1.29, 1.82) is 0 Å². The number of halogens is 1. The second-order valence-corrected chi connectivity index (χ2v) is 5.77. The predicted molar refractivity (Wildman–Crippen MR) is 73.0 cm³/mol. The van der Waals surface area contributed by atoms with Crippen LogP contribution >= 0.6 is 11.6 Å². The number of aromatic nitrogens is 2. The molecular formula is C13H22ClN3O. The van der Waals surface area contributed by atoms with Crippen LogP contribution in [-0.4, -0.2) is 46.5 Å². The number of rotatable bonds is 4. The highest BCUT2D eigenvalue weighted by Crippen LogP contribution is 2.36. The van der Waals surface area contributed by atoms with Crippen molar-refractivity contribution in [3.05, 3.63) is 16.9 Å². The van der Waals surface area contributed by atoms with Crippen LogP contribution in [0.5, 0.6) is 0 Å². The topological polar surface area (TPSA) is 41.3 Å². The zero-order valence-electron chi connectivity index (χ0n) is 11.1. The fourth-order valence-corrected chi connectivity index (χ4v) is 2.93. The Kier molecular flexibility index (Phi) is 4.65. The molecule has 0 radical (unpaired) electrons. The van der Waals surface area contributed by atoms with Gasteiger partial charge in [-0.25, -0.2) is 0 Å². The lowest BCUT2D eigenvalue weighted by Gasteiger charge is -2.28. The maximum Gasteiger partial charge on any atom is 0.0821 e. The van der Waals surface area contributed by atoms with E-state index >= 15 is 0 Å². The van der Waals surface area contributed by atoms with Crippen LogP contribution in [0.2, 0.25) is 5.02 Å². The molecule has 1 aromatic heterocycles. The van der Waals surface area contributed by atoms with Gasteiger partial charge in [-0.05, 0) is 26.9 Å². The Morgan fingerprint density at radius 3 is 2.83 bits per heavy atom. The first-order valence-electron chi connectivity index (χ1n) is 6.63. The monoisotopic (exact) mass is 271 g/mol. The van der Waals surface area contributed by atoms with Crippen molar-refractivity contribution in [2.75, 3.05) is 20.6 Å². The molecule has 0 aliphatic heterocycles. The van der Waals surface area contributed by atoms with Crippen molar-refractivity contribution in [3.8, 4) is 0 Å². The summed E-state index contributed by atoms with van der Waals surface area (Å²) in [5.74, 6) is 0.149. The van der Waals surface area contributed by atoms with E-state index in [2.05, 4.69) is 10.00 Å². The van der Waals surface area contributed by atoms with Gasteiger partial charge in [-0.2, -0.15) is 5.10 Å². The third kappa shape index (κ3) is 3.05. The number of aliphatic hydroxyl groups is 1. The van der Waals surface area contributed by atoms with Crippen molar-refractivity contribution in [2.24, 2.45) is 0 Å². The van der Waals surface area contributed by atoms with Gasteiger partial charge in [-0.15, -0.1) is 0 Å². The van der Waals surface area contributed by atoms with E-state index in [1.54, 1.807) is 6.20 Å². The molecule has 1 N–H and O–H groups in total. The molecule has 0 bridgehead atoms. The summed E-state index contributed by atoms with van der Waals surface area (Å²) in [6.07, 6.45) is 5.59. The van der Waals surface area contributed by atoms with Crippen LogP contribution in [0.3, 0.4) is 0 Å². The maximum atomic E-state index is 10.2. The van der Waals surface area contributed by atoms with Crippen molar-refractivity contribution in [1.82, 2.24) is 14.7 Å². The first-order chi connectivity index (χ1) is 8.59. The first-order valence-corrected chi connectivity index (χ1v) is 7.01. The SMILES string of the molecule is CN(C)CCn1ncc(Cl)c1C1CCCCC1O. The molecule has 0 amide bonds. The average Bonchev–Trinajstić information content (AvgIpc) is 2.69. The summed E-state index contributed by atoms with van der Waals surface area (Å²) >= 11 is 6.25. The molecule has 0 aromatic carbocycles. The standard InChI is InChI=1S/C13H22ClN3O/c1-16(2)7-8-17-13(11(14)9-15-17)10-5-3-4-6-12(10)18/h9-10,12,18H,3-8H2,1-2H3. The summed E-state index contributed by atoms with van der Waals surface area (Å²) in [6.45, 7) is 1.74. The Morgan fingerprint density at radius 2 is 2.17 bits per heavy atom. The fraction of sp³-hybridized carbons (Fsp3) is 0.769. The zero-order chi connectivity index (χ0) is 13.1. The van der Waals surface area contributed by atoms with Crippen LogP contribution in [0, 0.1) is 0 Å². The van der Waals surface area contributed by atoms with Gasteiger partial charge in [-0.3, -0.25) is 4.68 Å². The van der Waals surface area contributed by atoms with Crippen molar-refractivity contribution < 1.29 is 5.11 Å². The van der Waals surface area contributed by atoms with Gasteiger partial charge in [0.1, 0.15) is 0 Å². The van der Waals surface area contributed by atoms with E-state index in [0.717, 1.165) is 44.5 Å². The summed E-state index contributed by atoms with van der Waals surface area (Å²) in [5, 5.41) is 15.2. The van der Waals surface area contributed by atoms with Gasteiger partial charge < -0.3 is 10.0 Å². The number of hydrogen-bond acceptors (Lipinski definition) is 3.